The van der Waals surface area contributed by atoms with Crippen molar-refractivity contribution in [3.63, 3.8) is 0 Å². The second kappa shape index (κ2) is 7.19. The van der Waals surface area contributed by atoms with Crippen LogP contribution in [0.5, 0.6) is 5.75 Å². The van der Waals surface area contributed by atoms with Gasteiger partial charge in [-0.2, -0.15) is 13.2 Å². The SMILES string of the molecule is Nc1c(Cl)cc(NC(=O)COc2cccc(C(F)(F)F)c2)cc1Cl. The monoisotopic (exact) mass is 378 g/mol. The van der Waals surface area contributed by atoms with Crippen molar-refractivity contribution in [1.82, 2.24) is 0 Å². The van der Waals surface area contributed by atoms with Crippen LogP contribution in [-0.2, 0) is 11.0 Å². The molecule has 0 aliphatic carbocycles. The fourth-order valence-corrected chi connectivity index (χ4v) is 2.25. The minimum Gasteiger partial charge on any atom is -0.484 e. The van der Waals surface area contributed by atoms with Crippen LogP contribution in [0.1, 0.15) is 5.56 Å². The van der Waals surface area contributed by atoms with E-state index in [2.05, 4.69) is 5.32 Å². The summed E-state index contributed by atoms with van der Waals surface area (Å²) >= 11 is 11.7. The normalized spacial score (nSPS) is 11.2. The van der Waals surface area contributed by atoms with Gasteiger partial charge in [-0.25, -0.2) is 0 Å². The fraction of sp³-hybridized carbons (Fsp3) is 0.133. The van der Waals surface area contributed by atoms with Gasteiger partial charge in [0, 0.05) is 5.69 Å². The summed E-state index contributed by atoms with van der Waals surface area (Å²) in [5.41, 5.74) is 5.17. The largest absolute Gasteiger partial charge is 0.484 e. The van der Waals surface area contributed by atoms with E-state index in [0.717, 1.165) is 12.1 Å². The van der Waals surface area contributed by atoms with Crippen LogP contribution in [0.2, 0.25) is 10.0 Å². The summed E-state index contributed by atoms with van der Waals surface area (Å²) < 4.78 is 42.8. The molecule has 0 saturated carbocycles. The summed E-state index contributed by atoms with van der Waals surface area (Å²) in [6.45, 7) is -0.485. The highest BCUT2D eigenvalue weighted by atomic mass is 35.5. The Kier molecular flexibility index (Phi) is 5.46. The molecule has 0 unspecified atom stereocenters. The molecule has 0 aromatic heterocycles. The van der Waals surface area contributed by atoms with Gasteiger partial charge in [-0.3, -0.25) is 4.79 Å². The van der Waals surface area contributed by atoms with E-state index in [4.69, 9.17) is 33.7 Å². The summed E-state index contributed by atoms with van der Waals surface area (Å²) in [6.07, 6.45) is -4.49. The Morgan fingerprint density at radius 3 is 2.38 bits per heavy atom. The van der Waals surface area contributed by atoms with Crippen LogP contribution >= 0.6 is 23.2 Å². The number of carbonyl (C=O) groups excluding carboxylic acids is 1. The Balaban J connectivity index is 1.99. The molecule has 1 amide bonds. The van der Waals surface area contributed by atoms with Crippen molar-refractivity contribution in [3.8, 4) is 5.75 Å². The zero-order valence-electron chi connectivity index (χ0n) is 12.0. The smallest absolute Gasteiger partial charge is 0.416 e. The van der Waals surface area contributed by atoms with Gasteiger partial charge in [0.1, 0.15) is 5.75 Å². The van der Waals surface area contributed by atoms with Crippen molar-refractivity contribution in [2.75, 3.05) is 17.7 Å². The summed E-state index contributed by atoms with van der Waals surface area (Å²) in [6, 6.07) is 7.01. The number of anilines is 2. The van der Waals surface area contributed by atoms with Gasteiger partial charge in [0.2, 0.25) is 0 Å². The van der Waals surface area contributed by atoms with Crippen LogP contribution in [-0.4, -0.2) is 12.5 Å². The van der Waals surface area contributed by atoms with Gasteiger partial charge in [-0.1, -0.05) is 29.3 Å². The van der Waals surface area contributed by atoms with E-state index >= 15 is 0 Å². The lowest BCUT2D eigenvalue weighted by atomic mass is 10.2. The van der Waals surface area contributed by atoms with E-state index in [1.807, 2.05) is 0 Å². The van der Waals surface area contributed by atoms with Gasteiger partial charge in [0.05, 0.1) is 21.3 Å². The number of benzene rings is 2. The van der Waals surface area contributed by atoms with Crippen LogP contribution in [0, 0.1) is 0 Å². The molecule has 2 aromatic carbocycles. The maximum absolute atomic E-state index is 12.6. The lowest BCUT2D eigenvalue weighted by molar-refractivity contribution is -0.137. The van der Waals surface area contributed by atoms with E-state index < -0.39 is 24.3 Å². The number of nitrogen functional groups attached to an aromatic ring is 1. The van der Waals surface area contributed by atoms with Crippen molar-refractivity contribution < 1.29 is 22.7 Å². The zero-order chi connectivity index (χ0) is 17.9. The van der Waals surface area contributed by atoms with Crippen molar-refractivity contribution in [3.05, 3.63) is 52.0 Å². The molecule has 0 saturated heterocycles. The van der Waals surface area contributed by atoms with Crippen molar-refractivity contribution in [2.45, 2.75) is 6.18 Å². The molecule has 0 fully saturated rings. The molecule has 128 valence electrons. The summed E-state index contributed by atoms with van der Waals surface area (Å²) in [4.78, 5) is 11.8. The number of halogens is 5. The van der Waals surface area contributed by atoms with E-state index in [9.17, 15) is 18.0 Å². The Morgan fingerprint density at radius 1 is 1.17 bits per heavy atom. The molecule has 0 atom stereocenters. The number of hydrogen-bond acceptors (Lipinski definition) is 3. The van der Waals surface area contributed by atoms with E-state index in [0.29, 0.717) is 0 Å². The number of alkyl halides is 3. The predicted molar refractivity (Wildman–Crippen MR) is 86.4 cm³/mol. The Labute approximate surface area is 145 Å². The molecular weight excluding hydrogens is 368 g/mol. The molecule has 9 heteroatoms. The highest BCUT2D eigenvalue weighted by molar-refractivity contribution is 6.39. The molecule has 0 spiro atoms. The van der Waals surface area contributed by atoms with E-state index in [-0.39, 0.29) is 27.2 Å². The number of nitrogens with one attached hydrogen (secondary N) is 1. The van der Waals surface area contributed by atoms with Crippen molar-refractivity contribution in [1.29, 1.82) is 0 Å². The van der Waals surface area contributed by atoms with Crippen LogP contribution in [0.4, 0.5) is 24.5 Å². The second-order valence-electron chi connectivity index (χ2n) is 4.72. The molecule has 0 radical (unpaired) electrons. The third-order valence-electron chi connectivity index (χ3n) is 2.89. The minimum absolute atomic E-state index is 0.0756. The fourth-order valence-electron chi connectivity index (χ4n) is 1.76. The number of amides is 1. The van der Waals surface area contributed by atoms with Gasteiger partial charge in [-0.05, 0) is 30.3 Å². The van der Waals surface area contributed by atoms with E-state index in [1.165, 1.54) is 24.3 Å². The number of nitrogens with two attached hydrogens (primary N) is 1. The highest BCUT2D eigenvalue weighted by Crippen LogP contribution is 2.32. The van der Waals surface area contributed by atoms with Gasteiger partial charge in [0.15, 0.2) is 6.61 Å². The van der Waals surface area contributed by atoms with Crippen LogP contribution in [0.15, 0.2) is 36.4 Å². The van der Waals surface area contributed by atoms with Gasteiger partial charge in [-0.15, -0.1) is 0 Å². The first-order chi connectivity index (χ1) is 11.2. The Morgan fingerprint density at radius 2 is 1.79 bits per heavy atom. The molecule has 2 aromatic rings. The Bertz CT molecular complexity index is 744. The van der Waals surface area contributed by atoms with Gasteiger partial charge >= 0.3 is 6.18 Å². The first kappa shape index (κ1) is 18.2. The molecule has 0 aliphatic heterocycles. The average molecular weight is 379 g/mol. The molecular formula is C15H11Cl2F3N2O2. The molecule has 0 heterocycles. The first-order valence-corrected chi connectivity index (χ1v) is 7.27. The first-order valence-electron chi connectivity index (χ1n) is 6.51. The van der Waals surface area contributed by atoms with Crippen molar-refractivity contribution >= 4 is 40.5 Å². The standard InChI is InChI=1S/C15H11Cl2F3N2O2/c16-11-5-9(6-12(17)14(11)21)22-13(23)7-24-10-3-1-2-8(4-10)15(18,19)20/h1-6H,7,21H2,(H,22,23). The van der Waals surface area contributed by atoms with Gasteiger partial charge in [0.25, 0.3) is 5.91 Å². The lowest BCUT2D eigenvalue weighted by Gasteiger charge is -2.11. The molecule has 4 nitrogen and oxygen atoms in total. The second-order valence-corrected chi connectivity index (χ2v) is 5.53. The minimum atomic E-state index is -4.49. The number of hydrogen-bond donors (Lipinski definition) is 2. The number of carbonyl (C=O) groups is 1. The zero-order valence-corrected chi connectivity index (χ0v) is 13.5. The molecule has 3 N–H and O–H groups in total. The topological polar surface area (TPSA) is 64.3 Å². The third-order valence-corrected chi connectivity index (χ3v) is 3.52. The molecule has 2 rings (SSSR count). The number of ether oxygens (including phenoxy) is 1. The van der Waals surface area contributed by atoms with E-state index in [1.54, 1.807) is 0 Å². The third kappa shape index (κ3) is 4.69. The summed E-state index contributed by atoms with van der Waals surface area (Å²) in [5.74, 6) is -0.669. The Hall–Kier alpha value is -2.12. The highest BCUT2D eigenvalue weighted by Gasteiger charge is 2.30. The average Bonchev–Trinajstić information content (AvgIpc) is 2.50. The quantitative estimate of drug-likeness (QED) is 0.763. The number of rotatable bonds is 4. The maximum Gasteiger partial charge on any atom is 0.416 e. The van der Waals surface area contributed by atoms with Crippen LogP contribution in [0.25, 0.3) is 0 Å². The summed E-state index contributed by atoms with van der Waals surface area (Å²) in [5, 5.41) is 2.78. The van der Waals surface area contributed by atoms with Crippen LogP contribution in [0.3, 0.4) is 0 Å². The molecule has 0 aliphatic rings. The maximum atomic E-state index is 12.6. The van der Waals surface area contributed by atoms with Crippen LogP contribution < -0.4 is 15.8 Å². The predicted octanol–water partition coefficient (Wildman–Crippen LogP) is 4.61. The molecule has 0 bridgehead atoms. The van der Waals surface area contributed by atoms with Crippen molar-refractivity contribution in [2.24, 2.45) is 0 Å². The lowest BCUT2D eigenvalue weighted by Crippen LogP contribution is -2.20. The molecule has 24 heavy (non-hydrogen) atoms. The summed E-state index contributed by atoms with van der Waals surface area (Å²) in [7, 11) is 0. The van der Waals surface area contributed by atoms with Gasteiger partial charge < -0.3 is 15.8 Å².